The maximum Gasteiger partial charge on any atom is 0.303 e. The van der Waals surface area contributed by atoms with Crippen LogP contribution in [0.1, 0.15) is 57.8 Å². The van der Waals surface area contributed by atoms with Crippen molar-refractivity contribution < 1.29 is 24.9 Å². The molecule has 1 aliphatic carbocycles. The molecule has 0 heterocycles. The average Bonchev–Trinajstić information content (AvgIpc) is 2.41. The summed E-state index contributed by atoms with van der Waals surface area (Å²) in [5.74, 6) is -1.72. The second kappa shape index (κ2) is 9.73. The molecule has 122 valence electrons. The number of carboxylic acid groups (broad SMARTS) is 1. The number of aliphatic hydroxyl groups is 2. The molecule has 6 nitrogen and oxygen atoms in total. The molecule has 4 N–H and O–H groups in total. The first-order chi connectivity index (χ1) is 10.0. The number of hydrogen-bond acceptors (Lipinski definition) is 4. The molecule has 2 unspecified atom stereocenters. The van der Waals surface area contributed by atoms with Gasteiger partial charge in [0.25, 0.3) is 0 Å². The molecule has 0 aromatic heterocycles. The number of unbranched alkanes of at least 4 members (excludes halogenated alkanes) is 4. The maximum absolute atomic E-state index is 11.9. The molecule has 0 aromatic carbocycles. The number of aliphatic carboxylic acids is 1. The third-order valence-electron chi connectivity index (χ3n) is 4.00. The number of aliphatic hydroxyl groups excluding tert-OH is 2. The Balaban J connectivity index is 2.06. The van der Waals surface area contributed by atoms with Gasteiger partial charge in [-0.15, -0.1) is 0 Å². The molecule has 1 rings (SSSR count). The van der Waals surface area contributed by atoms with Crippen molar-refractivity contribution in [3.05, 3.63) is 0 Å². The fourth-order valence-corrected chi connectivity index (χ4v) is 2.76. The van der Waals surface area contributed by atoms with Gasteiger partial charge in [0, 0.05) is 13.0 Å². The largest absolute Gasteiger partial charge is 0.481 e. The van der Waals surface area contributed by atoms with Gasteiger partial charge < -0.3 is 20.6 Å². The van der Waals surface area contributed by atoms with Gasteiger partial charge in [-0.25, -0.2) is 0 Å². The van der Waals surface area contributed by atoms with Crippen LogP contribution in [0.4, 0.5) is 0 Å². The summed E-state index contributed by atoms with van der Waals surface area (Å²) in [6.45, 7) is 0.535. The van der Waals surface area contributed by atoms with Crippen LogP contribution >= 0.6 is 0 Å². The zero-order valence-electron chi connectivity index (χ0n) is 12.5. The van der Waals surface area contributed by atoms with Gasteiger partial charge in [0.1, 0.15) is 0 Å². The molecule has 0 radical (unpaired) electrons. The molecular formula is C15H27NO5. The van der Waals surface area contributed by atoms with Gasteiger partial charge >= 0.3 is 5.97 Å². The Morgan fingerprint density at radius 1 is 0.952 bits per heavy atom. The van der Waals surface area contributed by atoms with Crippen LogP contribution in [-0.4, -0.2) is 45.9 Å². The Hall–Kier alpha value is -1.14. The zero-order valence-corrected chi connectivity index (χ0v) is 12.5. The summed E-state index contributed by atoms with van der Waals surface area (Å²) in [7, 11) is 0. The quantitative estimate of drug-likeness (QED) is 0.476. The highest BCUT2D eigenvalue weighted by atomic mass is 16.4. The summed E-state index contributed by atoms with van der Waals surface area (Å²) in [5.41, 5.74) is 0. The van der Waals surface area contributed by atoms with Gasteiger partial charge in [0.05, 0.1) is 18.1 Å². The van der Waals surface area contributed by atoms with Gasteiger partial charge in [0.2, 0.25) is 5.91 Å². The van der Waals surface area contributed by atoms with E-state index < -0.39 is 24.1 Å². The van der Waals surface area contributed by atoms with E-state index in [-0.39, 0.29) is 12.3 Å². The Kier molecular flexibility index (Phi) is 8.30. The van der Waals surface area contributed by atoms with Crippen molar-refractivity contribution in [1.29, 1.82) is 0 Å². The van der Waals surface area contributed by atoms with Crippen molar-refractivity contribution in [2.45, 2.75) is 70.0 Å². The van der Waals surface area contributed by atoms with E-state index in [0.29, 0.717) is 25.8 Å². The highest BCUT2D eigenvalue weighted by Gasteiger charge is 2.36. The number of carbonyl (C=O) groups excluding carboxylic acids is 1. The Morgan fingerprint density at radius 3 is 2.14 bits per heavy atom. The van der Waals surface area contributed by atoms with E-state index in [1.807, 2.05) is 0 Å². The van der Waals surface area contributed by atoms with Crippen LogP contribution in [0.3, 0.4) is 0 Å². The summed E-state index contributed by atoms with van der Waals surface area (Å²) < 4.78 is 0. The fraction of sp³-hybridized carbons (Fsp3) is 0.867. The fourth-order valence-electron chi connectivity index (χ4n) is 2.76. The van der Waals surface area contributed by atoms with Crippen LogP contribution < -0.4 is 5.32 Å². The normalized spacial score (nSPS) is 25.5. The predicted molar refractivity (Wildman–Crippen MR) is 77.7 cm³/mol. The van der Waals surface area contributed by atoms with Crippen LogP contribution in [-0.2, 0) is 9.59 Å². The van der Waals surface area contributed by atoms with E-state index in [0.717, 1.165) is 32.1 Å². The minimum Gasteiger partial charge on any atom is -0.481 e. The average molecular weight is 301 g/mol. The minimum atomic E-state index is -0.758. The van der Waals surface area contributed by atoms with Crippen molar-refractivity contribution in [2.75, 3.05) is 6.54 Å². The Morgan fingerprint density at radius 2 is 1.52 bits per heavy atom. The van der Waals surface area contributed by atoms with Crippen molar-refractivity contribution >= 4 is 11.9 Å². The van der Waals surface area contributed by atoms with Crippen LogP contribution in [0.5, 0.6) is 0 Å². The van der Waals surface area contributed by atoms with E-state index in [4.69, 9.17) is 5.11 Å². The minimum absolute atomic E-state index is 0.216. The number of hydrogen-bond donors (Lipinski definition) is 4. The molecule has 6 heteroatoms. The lowest BCUT2D eigenvalue weighted by Crippen LogP contribution is -2.46. The molecular weight excluding hydrogens is 274 g/mol. The predicted octanol–water partition coefficient (Wildman–Crippen LogP) is 1.05. The standard InChI is InChI=1S/C15H27NO5/c17-11-7-6-8-12(18)14(11)15(21)16-10-5-3-1-2-4-9-13(19)20/h11-12,14,17-18H,1-10H2,(H,16,21)(H,19,20). The molecule has 1 aliphatic rings. The summed E-state index contributed by atoms with van der Waals surface area (Å²) in [6.07, 6.45) is 4.93. The molecule has 1 amide bonds. The summed E-state index contributed by atoms with van der Waals surface area (Å²) in [4.78, 5) is 22.3. The first kappa shape index (κ1) is 17.9. The number of nitrogens with one attached hydrogen (secondary N) is 1. The lowest BCUT2D eigenvalue weighted by Gasteiger charge is -2.31. The highest BCUT2D eigenvalue weighted by molar-refractivity contribution is 5.79. The van der Waals surface area contributed by atoms with Gasteiger partial charge in [-0.3, -0.25) is 9.59 Å². The lowest BCUT2D eigenvalue weighted by molar-refractivity contribution is -0.138. The van der Waals surface area contributed by atoms with E-state index in [1.54, 1.807) is 0 Å². The van der Waals surface area contributed by atoms with E-state index in [9.17, 15) is 19.8 Å². The van der Waals surface area contributed by atoms with Crippen LogP contribution in [0.2, 0.25) is 0 Å². The van der Waals surface area contributed by atoms with E-state index in [1.165, 1.54) is 0 Å². The van der Waals surface area contributed by atoms with Crippen molar-refractivity contribution in [3.63, 3.8) is 0 Å². The van der Waals surface area contributed by atoms with Crippen LogP contribution in [0.15, 0.2) is 0 Å². The summed E-state index contributed by atoms with van der Waals surface area (Å²) in [5, 5.41) is 30.8. The first-order valence-electron chi connectivity index (χ1n) is 7.88. The molecule has 21 heavy (non-hydrogen) atoms. The van der Waals surface area contributed by atoms with E-state index in [2.05, 4.69) is 5.32 Å². The van der Waals surface area contributed by atoms with E-state index >= 15 is 0 Å². The topological polar surface area (TPSA) is 107 Å². The van der Waals surface area contributed by atoms with Crippen molar-refractivity contribution in [3.8, 4) is 0 Å². The molecule has 0 saturated heterocycles. The molecule has 1 fully saturated rings. The van der Waals surface area contributed by atoms with Gasteiger partial charge in [-0.2, -0.15) is 0 Å². The smallest absolute Gasteiger partial charge is 0.303 e. The number of carboxylic acids is 1. The molecule has 2 atom stereocenters. The molecule has 0 spiro atoms. The van der Waals surface area contributed by atoms with Crippen LogP contribution in [0, 0.1) is 5.92 Å². The van der Waals surface area contributed by atoms with Gasteiger partial charge in [0.15, 0.2) is 0 Å². The monoisotopic (exact) mass is 301 g/mol. The zero-order chi connectivity index (χ0) is 15.7. The highest BCUT2D eigenvalue weighted by Crippen LogP contribution is 2.25. The first-order valence-corrected chi connectivity index (χ1v) is 7.88. The van der Waals surface area contributed by atoms with Crippen molar-refractivity contribution in [1.82, 2.24) is 5.32 Å². The molecule has 0 bridgehead atoms. The Labute approximate surface area is 125 Å². The van der Waals surface area contributed by atoms with Gasteiger partial charge in [-0.1, -0.05) is 19.3 Å². The third kappa shape index (κ3) is 6.91. The number of carbonyl (C=O) groups is 2. The number of amides is 1. The lowest BCUT2D eigenvalue weighted by atomic mass is 9.83. The molecule has 1 saturated carbocycles. The van der Waals surface area contributed by atoms with Crippen LogP contribution in [0.25, 0.3) is 0 Å². The summed E-state index contributed by atoms with van der Waals surface area (Å²) in [6, 6.07) is 0. The molecule has 0 aliphatic heterocycles. The Bertz CT molecular complexity index is 324. The number of rotatable bonds is 9. The SMILES string of the molecule is O=C(O)CCCCCCCNC(=O)C1C(O)CCCC1O. The van der Waals surface area contributed by atoms with Gasteiger partial charge in [-0.05, 0) is 32.1 Å². The second-order valence-electron chi connectivity index (χ2n) is 5.79. The van der Waals surface area contributed by atoms with Crippen molar-refractivity contribution in [2.24, 2.45) is 5.92 Å². The third-order valence-corrected chi connectivity index (χ3v) is 4.00. The second-order valence-corrected chi connectivity index (χ2v) is 5.79. The maximum atomic E-state index is 11.9. The summed E-state index contributed by atoms with van der Waals surface area (Å²) >= 11 is 0. The molecule has 0 aromatic rings.